The first-order valence-corrected chi connectivity index (χ1v) is 5.25. The van der Waals surface area contributed by atoms with Crippen LogP contribution in [0.4, 0.5) is 0 Å². The Balaban J connectivity index is 1.99. The van der Waals surface area contributed by atoms with E-state index >= 15 is 0 Å². The van der Waals surface area contributed by atoms with Gasteiger partial charge in [-0.2, -0.15) is 0 Å². The monoisotopic (exact) mass is 213 g/mol. The van der Waals surface area contributed by atoms with Gasteiger partial charge in [-0.1, -0.05) is 12.1 Å². The fourth-order valence-electron chi connectivity index (χ4n) is 1.99. The number of benzene rings is 1. The lowest BCUT2D eigenvalue weighted by Gasteiger charge is -2.01. The minimum Gasteiger partial charge on any atom is -0.461 e. The van der Waals surface area contributed by atoms with E-state index < -0.39 is 0 Å². The number of hydrogen-bond acceptors (Lipinski definition) is 3. The second-order valence-corrected chi connectivity index (χ2v) is 3.89. The van der Waals surface area contributed by atoms with E-state index in [2.05, 4.69) is 5.32 Å². The number of ketones is 1. The Morgan fingerprint density at radius 2 is 2.06 bits per heavy atom. The molecule has 0 unspecified atom stereocenters. The summed E-state index contributed by atoms with van der Waals surface area (Å²) in [4.78, 5) is 12.0. The summed E-state index contributed by atoms with van der Waals surface area (Å²) < 4.78 is 5.10. The summed E-state index contributed by atoms with van der Waals surface area (Å²) in [6.07, 6.45) is 1.52. The van der Waals surface area contributed by atoms with Gasteiger partial charge in [0.2, 0.25) is 5.78 Å². The molecule has 3 rings (SSSR count). The molecule has 1 N–H and O–H groups in total. The fourth-order valence-corrected chi connectivity index (χ4v) is 1.99. The maximum atomic E-state index is 12.0. The number of carbonyl (C=O) groups excluding carboxylic acids is 1. The van der Waals surface area contributed by atoms with Gasteiger partial charge in [0.15, 0.2) is 5.76 Å². The summed E-state index contributed by atoms with van der Waals surface area (Å²) in [7, 11) is 0. The summed E-state index contributed by atoms with van der Waals surface area (Å²) in [5, 5.41) is 3.25. The van der Waals surface area contributed by atoms with Crippen molar-refractivity contribution in [3.8, 4) is 0 Å². The Morgan fingerprint density at radius 1 is 1.19 bits per heavy atom. The van der Waals surface area contributed by atoms with E-state index in [9.17, 15) is 4.79 Å². The van der Waals surface area contributed by atoms with Gasteiger partial charge in [-0.3, -0.25) is 4.79 Å². The predicted octanol–water partition coefficient (Wildman–Crippen LogP) is 2.11. The lowest BCUT2D eigenvalue weighted by molar-refractivity contribution is 0.101. The highest BCUT2D eigenvalue weighted by Gasteiger charge is 2.15. The molecular weight excluding hydrogens is 202 g/mol. The van der Waals surface area contributed by atoms with Crippen molar-refractivity contribution in [2.75, 3.05) is 0 Å². The van der Waals surface area contributed by atoms with Crippen LogP contribution in [0.1, 0.15) is 27.2 Å². The third kappa shape index (κ3) is 1.46. The Hall–Kier alpha value is -1.87. The van der Waals surface area contributed by atoms with E-state index in [1.54, 1.807) is 12.1 Å². The number of furan rings is 1. The van der Waals surface area contributed by atoms with Crippen molar-refractivity contribution in [3.63, 3.8) is 0 Å². The molecule has 3 nitrogen and oxygen atoms in total. The summed E-state index contributed by atoms with van der Waals surface area (Å²) in [6.45, 7) is 1.74. The van der Waals surface area contributed by atoms with Crippen molar-refractivity contribution < 1.29 is 9.21 Å². The largest absolute Gasteiger partial charge is 0.461 e. The molecule has 1 aliphatic heterocycles. The third-order valence-corrected chi connectivity index (χ3v) is 2.84. The van der Waals surface area contributed by atoms with E-state index in [1.165, 1.54) is 17.4 Å². The predicted molar refractivity (Wildman–Crippen MR) is 59.1 cm³/mol. The summed E-state index contributed by atoms with van der Waals surface area (Å²) in [5.74, 6) is 0.339. The Kier molecular flexibility index (Phi) is 2.11. The fraction of sp³-hybridized carbons (Fsp3) is 0.154. The second-order valence-electron chi connectivity index (χ2n) is 3.89. The quantitative estimate of drug-likeness (QED) is 0.777. The normalized spacial score (nSPS) is 13.8. The van der Waals surface area contributed by atoms with Crippen LogP contribution in [-0.2, 0) is 13.1 Å². The molecule has 0 atom stereocenters. The minimum absolute atomic E-state index is 0.0558. The molecule has 0 fully saturated rings. The Labute approximate surface area is 93.1 Å². The van der Waals surface area contributed by atoms with E-state index in [4.69, 9.17) is 4.42 Å². The molecule has 16 heavy (non-hydrogen) atoms. The Bertz CT molecular complexity index is 529. The first kappa shape index (κ1) is 9.36. The van der Waals surface area contributed by atoms with E-state index in [0.29, 0.717) is 11.3 Å². The van der Waals surface area contributed by atoms with Crippen LogP contribution >= 0.6 is 0 Å². The van der Waals surface area contributed by atoms with Crippen LogP contribution in [-0.4, -0.2) is 5.78 Å². The molecule has 1 aliphatic rings. The summed E-state index contributed by atoms with van der Waals surface area (Å²) in [6, 6.07) is 9.22. The van der Waals surface area contributed by atoms with Crippen molar-refractivity contribution >= 4 is 5.78 Å². The molecule has 0 radical (unpaired) electrons. The lowest BCUT2D eigenvalue weighted by Crippen LogP contribution is -2.01. The highest BCUT2D eigenvalue weighted by atomic mass is 16.3. The van der Waals surface area contributed by atoms with Crippen molar-refractivity contribution in [3.05, 3.63) is 59.0 Å². The molecule has 2 aromatic rings. The van der Waals surface area contributed by atoms with E-state index in [1.807, 2.05) is 18.2 Å². The highest BCUT2D eigenvalue weighted by molar-refractivity contribution is 6.07. The molecule has 1 aromatic carbocycles. The molecule has 80 valence electrons. The first-order chi connectivity index (χ1) is 7.84. The molecular formula is C13H11NO2. The maximum Gasteiger partial charge on any atom is 0.228 e. The van der Waals surface area contributed by atoms with E-state index in [0.717, 1.165) is 13.1 Å². The molecule has 0 saturated carbocycles. The van der Waals surface area contributed by atoms with Crippen molar-refractivity contribution in [1.82, 2.24) is 5.32 Å². The van der Waals surface area contributed by atoms with Crippen molar-refractivity contribution in [2.24, 2.45) is 0 Å². The van der Waals surface area contributed by atoms with Gasteiger partial charge in [-0.05, 0) is 29.3 Å². The van der Waals surface area contributed by atoms with Gasteiger partial charge in [0.05, 0.1) is 6.26 Å². The maximum absolute atomic E-state index is 12.0. The van der Waals surface area contributed by atoms with Crippen molar-refractivity contribution in [2.45, 2.75) is 13.1 Å². The number of nitrogens with one attached hydrogen (secondary N) is 1. The molecule has 0 bridgehead atoms. The standard InChI is InChI=1S/C13H11NO2/c15-13(12-2-1-5-16-12)9-3-4-10-7-14-8-11(10)6-9/h1-6,14H,7-8H2. The highest BCUT2D eigenvalue weighted by Crippen LogP contribution is 2.19. The van der Waals surface area contributed by atoms with Gasteiger partial charge in [-0.25, -0.2) is 0 Å². The molecule has 0 amide bonds. The van der Waals surface area contributed by atoms with Gasteiger partial charge in [0, 0.05) is 18.7 Å². The van der Waals surface area contributed by atoms with Crippen LogP contribution in [0.3, 0.4) is 0 Å². The lowest BCUT2D eigenvalue weighted by atomic mass is 10.0. The van der Waals surface area contributed by atoms with Crippen molar-refractivity contribution in [1.29, 1.82) is 0 Å². The van der Waals surface area contributed by atoms with Crippen LogP contribution in [0.25, 0.3) is 0 Å². The second kappa shape index (κ2) is 3.61. The summed E-state index contributed by atoms with van der Waals surface area (Å²) in [5.41, 5.74) is 3.17. The molecule has 2 heterocycles. The number of carbonyl (C=O) groups is 1. The minimum atomic E-state index is -0.0558. The average Bonchev–Trinajstić information content (AvgIpc) is 2.98. The van der Waals surface area contributed by atoms with Gasteiger partial charge < -0.3 is 9.73 Å². The van der Waals surface area contributed by atoms with Gasteiger partial charge in [-0.15, -0.1) is 0 Å². The molecule has 1 aromatic heterocycles. The van der Waals surface area contributed by atoms with Gasteiger partial charge in [0.25, 0.3) is 0 Å². The van der Waals surface area contributed by atoms with E-state index in [-0.39, 0.29) is 5.78 Å². The molecule has 0 saturated heterocycles. The first-order valence-electron chi connectivity index (χ1n) is 5.25. The zero-order valence-electron chi connectivity index (χ0n) is 8.69. The van der Waals surface area contributed by atoms with Crippen LogP contribution in [0, 0.1) is 0 Å². The van der Waals surface area contributed by atoms with Gasteiger partial charge >= 0.3 is 0 Å². The van der Waals surface area contributed by atoms with Crippen LogP contribution in [0.15, 0.2) is 41.0 Å². The summed E-state index contributed by atoms with van der Waals surface area (Å²) >= 11 is 0. The topological polar surface area (TPSA) is 42.2 Å². The third-order valence-electron chi connectivity index (χ3n) is 2.84. The zero-order valence-corrected chi connectivity index (χ0v) is 8.69. The van der Waals surface area contributed by atoms with Crippen LogP contribution < -0.4 is 5.32 Å². The average molecular weight is 213 g/mol. The molecule has 3 heteroatoms. The number of hydrogen-bond donors (Lipinski definition) is 1. The number of fused-ring (bicyclic) bond motifs is 1. The van der Waals surface area contributed by atoms with Crippen LogP contribution in [0.5, 0.6) is 0 Å². The molecule has 0 aliphatic carbocycles. The zero-order chi connectivity index (χ0) is 11.0. The Morgan fingerprint density at radius 3 is 2.88 bits per heavy atom. The van der Waals surface area contributed by atoms with Crippen LogP contribution in [0.2, 0.25) is 0 Å². The number of rotatable bonds is 2. The molecule has 0 spiro atoms. The van der Waals surface area contributed by atoms with Gasteiger partial charge in [0.1, 0.15) is 0 Å². The smallest absolute Gasteiger partial charge is 0.228 e. The SMILES string of the molecule is O=C(c1ccc2c(c1)CNC2)c1ccco1.